The van der Waals surface area contributed by atoms with Gasteiger partial charge in [-0.2, -0.15) is 0 Å². The molecule has 166 valence electrons. The van der Waals surface area contributed by atoms with E-state index in [0.29, 0.717) is 19.8 Å². The molecule has 4 nitrogen and oxygen atoms in total. The number of hydrogen-bond donors (Lipinski definition) is 1. The summed E-state index contributed by atoms with van der Waals surface area (Å²) in [4.78, 5) is 13.3. The maximum Gasteiger partial charge on any atom is 0.226 e. The van der Waals surface area contributed by atoms with Gasteiger partial charge in [0.15, 0.2) is 0 Å². The van der Waals surface area contributed by atoms with Crippen LogP contribution < -0.4 is 10.1 Å². The van der Waals surface area contributed by atoms with Crippen LogP contribution >= 0.6 is 0 Å². The fourth-order valence-electron chi connectivity index (χ4n) is 4.47. The molecule has 0 atom stereocenters. The Morgan fingerprint density at radius 3 is 2.31 bits per heavy atom. The van der Waals surface area contributed by atoms with E-state index in [0.717, 1.165) is 42.6 Å². The summed E-state index contributed by atoms with van der Waals surface area (Å²) < 4.78 is 11.1. The number of benzene rings is 3. The average molecular weight is 430 g/mol. The Hall–Kier alpha value is -3.11. The minimum Gasteiger partial charge on any atom is -0.496 e. The van der Waals surface area contributed by atoms with Crippen molar-refractivity contribution in [2.45, 2.75) is 25.7 Å². The molecule has 0 unspecified atom stereocenters. The first kappa shape index (κ1) is 22.1. The lowest BCUT2D eigenvalue weighted by Crippen LogP contribution is -2.46. The number of carbonyl (C=O) groups is 1. The highest BCUT2D eigenvalue weighted by atomic mass is 16.5. The topological polar surface area (TPSA) is 47.6 Å². The fourth-order valence-corrected chi connectivity index (χ4v) is 4.47. The van der Waals surface area contributed by atoms with Gasteiger partial charge in [-0.3, -0.25) is 4.79 Å². The lowest BCUT2D eigenvalue weighted by Gasteiger charge is -2.36. The number of para-hydroxylation sites is 1. The van der Waals surface area contributed by atoms with Gasteiger partial charge in [0.25, 0.3) is 0 Å². The molecule has 1 saturated heterocycles. The minimum absolute atomic E-state index is 0.144. The molecule has 1 amide bonds. The van der Waals surface area contributed by atoms with Crippen LogP contribution in [0.2, 0.25) is 0 Å². The molecule has 0 aliphatic carbocycles. The third-order valence-corrected chi connectivity index (χ3v) is 6.39. The standard InChI is InChI=1S/C28H31NO3/c1-31-26-10-6-5-9-25(26)24-13-11-23(12-14-24)21-28(16-19-32-20-17-28)27(30)29-18-15-22-7-3-2-4-8-22/h2-14H,15-21H2,1H3,(H,29,30). The van der Waals surface area contributed by atoms with Gasteiger partial charge in [-0.25, -0.2) is 0 Å². The lowest BCUT2D eigenvalue weighted by atomic mass is 9.74. The molecule has 1 N–H and O–H groups in total. The Kier molecular flexibility index (Phi) is 7.23. The summed E-state index contributed by atoms with van der Waals surface area (Å²) >= 11 is 0. The first-order chi connectivity index (χ1) is 15.7. The van der Waals surface area contributed by atoms with Crippen LogP contribution in [0.15, 0.2) is 78.9 Å². The second-order valence-electron chi connectivity index (χ2n) is 8.46. The van der Waals surface area contributed by atoms with Crippen molar-refractivity contribution >= 4 is 5.91 Å². The number of methoxy groups -OCH3 is 1. The van der Waals surface area contributed by atoms with Gasteiger partial charge >= 0.3 is 0 Å². The van der Waals surface area contributed by atoms with E-state index < -0.39 is 5.41 Å². The van der Waals surface area contributed by atoms with Crippen molar-refractivity contribution in [3.05, 3.63) is 90.0 Å². The fraction of sp³-hybridized carbons (Fsp3) is 0.321. The third-order valence-electron chi connectivity index (χ3n) is 6.39. The highest BCUT2D eigenvalue weighted by Crippen LogP contribution is 2.36. The van der Waals surface area contributed by atoms with Crippen molar-refractivity contribution in [2.75, 3.05) is 26.9 Å². The number of ether oxygens (including phenoxy) is 2. The van der Waals surface area contributed by atoms with E-state index in [9.17, 15) is 4.79 Å². The largest absolute Gasteiger partial charge is 0.496 e. The van der Waals surface area contributed by atoms with E-state index in [1.807, 2.05) is 36.4 Å². The van der Waals surface area contributed by atoms with Crippen LogP contribution in [0, 0.1) is 5.41 Å². The summed E-state index contributed by atoms with van der Waals surface area (Å²) in [5.41, 5.74) is 4.17. The van der Waals surface area contributed by atoms with Gasteiger partial charge in [0, 0.05) is 25.3 Å². The summed E-state index contributed by atoms with van der Waals surface area (Å²) in [5, 5.41) is 3.20. The normalized spacial score (nSPS) is 15.2. The van der Waals surface area contributed by atoms with Gasteiger partial charge in [-0.1, -0.05) is 72.8 Å². The van der Waals surface area contributed by atoms with E-state index >= 15 is 0 Å². The highest BCUT2D eigenvalue weighted by Gasteiger charge is 2.39. The number of amides is 1. The Bertz CT molecular complexity index is 1010. The van der Waals surface area contributed by atoms with Gasteiger partial charge in [0.1, 0.15) is 5.75 Å². The molecule has 32 heavy (non-hydrogen) atoms. The molecule has 0 aromatic heterocycles. The van der Waals surface area contributed by atoms with Gasteiger partial charge < -0.3 is 14.8 Å². The first-order valence-corrected chi connectivity index (χ1v) is 11.3. The zero-order chi connectivity index (χ0) is 22.2. The average Bonchev–Trinajstić information content (AvgIpc) is 2.85. The molecule has 1 fully saturated rings. The summed E-state index contributed by atoms with van der Waals surface area (Å²) in [6, 6.07) is 26.8. The van der Waals surface area contributed by atoms with E-state index in [1.54, 1.807) is 7.11 Å². The van der Waals surface area contributed by atoms with Crippen molar-refractivity contribution in [2.24, 2.45) is 5.41 Å². The van der Waals surface area contributed by atoms with Crippen LogP contribution in [0.1, 0.15) is 24.0 Å². The molecule has 3 aromatic rings. The van der Waals surface area contributed by atoms with E-state index in [-0.39, 0.29) is 5.91 Å². The summed E-state index contributed by atoms with van der Waals surface area (Å²) in [5.74, 6) is 1.00. The van der Waals surface area contributed by atoms with E-state index in [1.165, 1.54) is 11.1 Å². The van der Waals surface area contributed by atoms with Crippen molar-refractivity contribution in [3.63, 3.8) is 0 Å². The molecule has 4 heteroatoms. The van der Waals surface area contributed by atoms with Gasteiger partial charge in [-0.15, -0.1) is 0 Å². The number of carbonyl (C=O) groups excluding carboxylic acids is 1. The summed E-state index contributed by atoms with van der Waals surface area (Å²) in [7, 11) is 1.69. The molecule has 0 bridgehead atoms. The number of hydrogen-bond acceptors (Lipinski definition) is 3. The third kappa shape index (κ3) is 5.20. The Morgan fingerprint density at radius 2 is 1.59 bits per heavy atom. The van der Waals surface area contributed by atoms with Crippen LogP contribution in [0.3, 0.4) is 0 Å². The summed E-state index contributed by atoms with van der Waals surface area (Å²) in [6.07, 6.45) is 3.06. The number of nitrogens with one attached hydrogen (secondary N) is 1. The Balaban J connectivity index is 1.45. The second-order valence-corrected chi connectivity index (χ2v) is 8.46. The van der Waals surface area contributed by atoms with Crippen LogP contribution in [0.4, 0.5) is 0 Å². The molecule has 0 spiro atoms. The number of rotatable bonds is 8. The van der Waals surface area contributed by atoms with Crippen LogP contribution in [0.25, 0.3) is 11.1 Å². The molecular formula is C28H31NO3. The maximum atomic E-state index is 13.3. The molecule has 0 radical (unpaired) electrons. The first-order valence-electron chi connectivity index (χ1n) is 11.3. The minimum atomic E-state index is -0.416. The van der Waals surface area contributed by atoms with Gasteiger partial charge in [0.05, 0.1) is 12.5 Å². The predicted octanol–water partition coefficient (Wildman–Crippen LogP) is 5.06. The zero-order valence-corrected chi connectivity index (χ0v) is 18.7. The predicted molar refractivity (Wildman–Crippen MR) is 128 cm³/mol. The monoisotopic (exact) mass is 429 g/mol. The van der Waals surface area contributed by atoms with E-state index in [4.69, 9.17) is 9.47 Å². The van der Waals surface area contributed by atoms with Crippen molar-refractivity contribution < 1.29 is 14.3 Å². The maximum absolute atomic E-state index is 13.3. The second kappa shape index (κ2) is 10.5. The molecule has 4 rings (SSSR count). The highest BCUT2D eigenvalue weighted by molar-refractivity contribution is 5.83. The molecule has 1 aliphatic heterocycles. The van der Waals surface area contributed by atoms with Crippen molar-refractivity contribution in [1.29, 1.82) is 0 Å². The van der Waals surface area contributed by atoms with Gasteiger partial charge in [-0.05, 0) is 48.4 Å². The Labute approximate surface area is 190 Å². The molecule has 3 aromatic carbocycles. The van der Waals surface area contributed by atoms with Crippen LogP contribution in [-0.2, 0) is 22.4 Å². The molecular weight excluding hydrogens is 398 g/mol. The summed E-state index contributed by atoms with van der Waals surface area (Å²) in [6.45, 7) is 1.91. The lowest BCUT2D eigenvalue weighted by molar-refractivity contribution is -0.136. The SMILES string of the molecule is COc1ccccc1-c1ccc(CC2(C(=O)NCCc3ccccc3)CCOCC2)cc1. The quantitative estimate of drug-likeness (QED) is 0.544. The van der Waals surface area contributed by atoms with Crippen molar-refractivity contribution in [3.8, 4) is 16.9 Å². The van der Waals surface area contributed by atoms with E-state index in [2.05, 4.69) is 47.8 Å². The molecule has 0 saturated carbocycles. The van der Waals surface area contributed by atoms with Crippen molar-refractivity contribution in [1.82, 2.24) is 5.32 Å². The zero-order valence-electron chi connectivity index (χ0n) is 18.7. The molecule has 1 heterocycles. The van der Waals surface area contributed by atoms with Crippen LogP contribution in [0.5, 0.6) is 5.75 Å². The molecule has 1 aliphatic rings. The van der Waals surface area contributed by atoms with Gasteiger partial charge in [0.2, 0.25) is 5.91 Å². The van der Waals surface area contributed by atoms with Crippen LogP contribution in [-0.4, -0.2) is 32.8 Å². The Morgan fingerprint density at radius 1 is 0.906 bits per heavy atom. The smallest absolute Gasteiger partial charge is 0.226 e.